The van der Waals surface area contributed by atoms with Crippen LogP contribution in [0.3, 0.4) is 0 Å². The van der Waals surface area contributed by atoms with Crippen molar-refractivity contribution in [3.05, 3.63) is 35.4 Å². The molecule has 0 aliphatic heterocycles. The number of nitriles is 1. The summed E-state index contributed by atoms with van der Waals surface area (Å²) in [5.41, 5.74) is -1.49. The fourth-order valence-corrected chi connectivity index (χ4v) is 3.26. The molecule has 0 atom stereocenters. The van der Waals surface area contributed by atoms with Crippen molar-refractivity contribution in [3.8, 4) is 6.07 Å². The average molecular weight is 358 g/mol. The maximum absolute atomic E-state index is 12.9. The van der Waals surface area contributed by atoms with E-state index in [2.05, 4.69) is 15.5 Å². The van der Waals surface area contributed by atoms with Gasteiger partial charge in [-0.3, -0.25) is 10.1 Å². The first kappa shape index (κ1) is 17.2. The van der Waals surface area contributed by atoms with Gasteiger partial charge in [0.15, 0.2) is 4.34 Å². The minimum Gasteiger partial charge on any atom is -0.296 e. The van der Waals surface area contributed by atoms with Gasteiger partial charge in [-0.05, 0) is 12.1 Å². The Morgan fingerprint density at radius 2 is 2.09 bits per heavy atom. The van der Waals surface area contributed by atoms with Crippen molar-refractivity contribution in [1.82, 2.24) is 10.2 Å². The Bertz CT molecular complexity index is 739. The molecule has 10 heteroatoms. The van der Waals surface area contributed by atoms with E-state index in [9.17, 15) is 18.0 Å². The van der Waals surface area contributed by atoms with Crippen LogP contribution in [0.25, 0.3) is 0 Å². The van der Waals surface area contributed by atoms with Gasteiger partial charge in [0.1, 0.15) is 0 Å². The molecule has 2 aromatic rings. The molecule has 5 nitrogen and oxygen atoms in total. The van der Waals surface area contributed by atoms with E-state index in [0.717, 1.165) is 23.5 Å². The molecule has 1 aromatic carbocycles. The predicted molar refractivity (Wildman–Crippen MR) is 80.3 cm³/mol. The Balaban J connectivity index is 2.10. The average Bonchev–Trinajstić information content (AvgIpc) is 2.94. The largest absolute Gasteiger partial charge is 0.417 e. The third-order valence-electron chi connectivity index (χ3n) is 2.54. The van der Waals surface area contributed by atoms with Gasteiger partial charge in [-0.25, -0.2) is 0 Å². The monoisotopic (exact) mass is 358 g/mol. The van der Waals surface area contributed by atoms with Crippen LogP contribution in [0, 0.1) is 11.3 Å². The molecule has 120 valence electrons. The highest BCUT2D eigenvalue weighted by molar-refractivity contribution is 8.01. The van der Waals surface area contributed by atoms with E-state index >= 15 is 0 Å². The molecule has 0 spiro atoms. The van der Waals surface area contributed by atoms with Crippen LogP contribution in [0.1, 0.15) is 22.3 Å². The Hall–Kier alpha value is -2.12. The number of halogens is 3. The molecule has 0 radical (unpaired) electrons. The van der Waals surface area contributed by atoms with E-state index in [-0.39, 0.29) is 5.13 Å². The molecule has 0 fully saturated rings. The Morgan fingerprint density at radius 1 is 1.35 bits per heavy atom. The van der Waals surface area contributed by atoms with Gasteiger partial charge in [-0.1, -0.05) is 35.2 Å². The van der Waals surface area contributed by atoms with Crippen molar-refractivity contribution in [2.45, 2.75) is 16.9 Å². The van der Waals surface area contributed by atoms with Gasteiger partial charge in [-0.2, -0.15) is 18.4 Å². The van der Waals surface area contributed by atoms with Crippen molar-refractivity contribution >= 4 is 34.1 Å². The SMILES string of the molecule is N#CCCSc1nnc(NC(=O)c2ccccc2C(F)(F)F)s1. The van der Waals surface area contributed by atoms with Crippen molar-refractivity contribution in [3.63, 3.8) is 0 Å². The molecular formula is C13H9F3N4OS2. The number of benzene rings is 1. The van der Waals surface area contributed by atoms with Crippen LogP contribution < -0.4 is 5.32 Å². The fraction of sp³-hybridized carbons (Fsp3) is 0.231. The van der Waals surface area contributed by atoms with Crippen molar-refractivity contribution in [2.24, 2.45) is 0 Å². The third-order valence-corrected chi connectivity index (χ3v) is 4.52. The number of hydrogen-bond donors (Lipinski definition) is 1. The number of nitrogens with zero attached hydrogens (tertiary/aromatic N) is 3. The Kier molecular flexibility index (Phi) is 5.57. The summed E-state index contributed by atoms with van der Waals surface area (Å²) in [5, 5.41) is 18.3. The maximum atomic E-state index is 12.9. The van der Waals surface area contributed by atoms with Crippen LogP contribution in [0.5, 0.6) is 0 Å². The second-order valence-electron chi connectivity index (χ2n) is 4.13. The number of thioether (sulfide) groups is 1. The zero-order valence-electron chi connectivity index (χ0n) is 11.4. The summed E-state index contributed by atoms with van der Waals surface area (Å²) in [7, 11) is 0. The van der Waals surface area contributed by atoms with Gasteiger partial charge in [0.2, 0.25) is 5.13 Å². The minimum absolute atomic E-state index is 0.103. The number of rotatable bonds is 5. The highest BCUT2D eigenvalue weighted by Crippen LogP contribution is 2.32. The zero-order valence-corrected chi connectivity index (χ0v) is 13.1. The number of carbonyl (C=O) groups excluding carboxylic acids is 1. The Morgan fingerprint density at radius 3 is 2.78 bits per heavy atom. The molecule has 1 aromatic heterocycles. The van der Waals surface area contributed by atoms with Crippen LogP contribution in [0.2, 0.25) is 0 Å². The quantitative estimate of drug-likeness (QED) is 0.499. The fourth-order valence-electron chi connectivity index (χ4n) is 1.60. The van der Waals surface area contributed by atoms with Crippen LogP contribution >= 0.6 is 23.1 Å². The molecule has 0 aliphatic rings. The molecule has 0 unspecified atom stereocenters. The number of alkyl halides is 3. The summed E-state index contributed by atoms with van der Waals surface area (Å²) in [6.45, 7) is 0. The van der Waals surface area contributed by atoms with E-state index in [4.69, 9.17) is 5.26 Å². The van der Waals surface area contributed by atoms with E-state index in [1.807, 2.05) is 6.07 Å². The molecule has 2 rings (SSSR count). The van der Waals surface area contributed by atoms with Gasteiger partial charge in [0, 0.05) is 12.2 Å². The van der Waals surface area contributed by atoms with Crippen LogP contribution in [-0.2, 0) is 6.18 Å². The summed E-state index contributed by atoms with van der Waals surface area (Å²) in [4.78, 5) is 12.0. The van der Waals surface area contributed by atoms with Crippen LogP contribution in [0.4, 0.5) is 18.3 Å². The number of carbonyl (C=O) groups is 1. The molecule has 0 bridgehead atoms. The van der Waals surface area contributed by atoms with E-state index in [1.165, 1.54) is 23.9 Å². The topological polar surface area (TPSA) is 78.7 Å². The number of anilines is 1. The van der Waals surface area contributed by atoms with E-state index < -0.39 is 23.2 Å². The number of aromatic nitrogens is 2. The van der Waals surface area contributed by atoms with Crippen molar-refractivity contribution in [2.75, 3.05) is 11.1 Å². The van der Waals surface area contributed by atoms with Gasteiger partial charge in [0.25, 0.3) is 5.91 Å². The van der Waals surface area contributed by atoms with Gasteiger partial charge in [0.05, 0.1) is 17.2 Å². The van der Waals surface area contributed by atoms with E-state index in [1.54, 1.807) is 0 Å². The summed E-state index contributed by atoms with van der Waals surface area (Å²) in [6.07, 6.45) is -4.28. The summed E-state index contributed by atoms with van der Waals surface area (Å²) >= 11 is 2.33. The first-order chi connectivity index (χ1) is 10.9. The predicted octanol–water partition coefficient (Wildman–Crippen LogP) is 3.81. The minimum atomic E-state index is -4.62. The van der Waals surface area contributed by atoms with Crippen molar-refractivity contribution < 1.29 is 18.0 Å². The molecule has 23 heavy (non-hydrogen) atoms. The van der Waals surface area contributed by atoms with Crippen LogP contribution in [-0.4, -0.2) is 21.9 Å². The van der Waals surface area contributed by atoms with E-state index in [0.29, 0.717) is 16.5 Å². The highest BCUT2D eigenvalue weighted by atomic mass is 32.2. The number of hydrogen-bond acceptors (Lipinski definition) is 6. The summed E-state index contributed by atoms with van der Waals surface area (Å²) in [5.74, 6) is -0.377. The summed E-state index contributed by atoms with van der Waals surface area (Å²) < 4.78 is 39.2. The lowest BCUT2D eigenvalue weighted by Gasteiger charge is -2.11. The smallest absolute Gasteiger partial charge is 0.296 e. The lowest BCUT2D eigenvalue weighted by Crippen LogP contribution is -2.18. The molecule has 1 amide bonds. The first-order valence-corrected chi connectivity index (χ1v) is 8.03. The summed E-state index contributed by atoms with van der Waals surface area (Å²) in [6, 6.07) is 6.49. The third kappa shape index (κ3) is 4.67. The van der Waals surface area contributed by atoms with Gasteiger partial charge in [-0.15, -0.1) is 10.2 Å². The zero-order chi connectivity index (χ0) is 16.9. The number of amides is 1. The molecule has 1 N–H and O–H groups in total. The highest BCUT2D eigenvalue weighted by Gasteiger charge is 2.35. The first-order valence-electron chi connectivity index (χ1n) is 6.22. The second kappa shape index (κ2) is 7.43. The Labute approximate surface area is 137 Å². The van der Waals surface area contributed by atoms with Gasteiger partial charge < -0.3 is 0 Å². The van der Waals surface area contributed by atoms with Crippen LogP contribution in [0.15, 0.2) is 28.6 Å². The van der Waals surface area contributed by atoms with Gasteiger partial charge >= 0.3 is 6.18 Å². The normalized spacial score (nSPS) is 11.0. The molecular weight excluding hydrogens is 349 g/mol. The van der Waals surface area contributed by atoms with Crippen molar-refractivity contribution in [1.29, 1.82) is 5.26 Å². The maximum Gasteiger partial charge on any atom is 0.417 e. The molecule has 0 aliphatic carbocycles. The molecule has 0 saturated carbocycles. The lowest BCUT2D eigenvalue weighted by molar-refractivity contribution is -0.137. The second-order valence-corrected chi connectivity index (χ2v) is 6.45. The molecule has 1 heterocycles. The lowest BCUT2D eigenvalue weighted by atomic mass is 10.1. The molecule has 0 saturated heterocycles. The standard InChI is InChI=1S/C13H9F3N4OS2/c14-13(15,16)9-5-2-1-4-8(9)10(21)18-11-19-20-12(23-11)22-7-3-6-17/h1-2,4-5H,3,7H2,(H,18,19,21). The number of nitrogens with one attached hydrogen (secondary N) is 1.